The number of benzene rings is 2. The van der Waals surface area contributed by atoms with Gasteiger partial charge in [0.2, 0.25) is 0 Å². The van der Waals surface area contributed by atoms with Crippen molar-refractivity contribution in [2.75, 3.05) is 6.61 Å². The lowest BCUT2D eigenvalue weighted by atomic mass is 9.84. The summed E-state index contributed by atoms with van der Waals surface area (Å²) in [4.78, 5) is 13.9. The lowest BCUT2D eigenvalue weighted by molar-refractivity contribution is -0.145. The highest BCUT2D eigenvalue weighted by Crippen LogP contribution is 2.37. The quantitative estimate of drug-likeness (QED) is 0.320. The second-order valence-electron chi connectivity index (χ2n) is 9.96. The standard InChI is InChI=1S/C27H36ClN3O3/c1-6-8-10-18(7-2)17-34-24(32)14-13-19-15-20(27(3,4)5)26(33)23(16-19)31-29-22-12-9-11-21(28)25(22)30-31/h9,11-12,15-16,18,33H,6-8,10,13-14,17H2,1-5H3. The van der Waals surface area contributed by atoms with Crippen LogP contribution in [-0.4, -0.2) is 32.7 Å². The highest BCUT2D eigenvalue weighted by atomic mass is 35.5. The van der Waals surface area contributed by atoms with Gasteiger partial charge in [-0.2, -0.15) is 0 Å². The number of ether oxygens (including phenoxy) is 1. The molecule has 0 fully saturated rings. The summed E-state index contributed by atoms with van der Waals surface area (Å²) in [6.45, 7) is 10.9. The number of aromatic nitrogens is 3. The largest absolute Gasteiger partial charge is 0.505 e. The van der Waals surface area contributed by atoms with Gasteiger partial charge in [-0.05, 0) is 47.9 Å². The van der Waals surface area contributed by atoms with Crippen molar-refractivity contribution in [1.29, 1.82) is 0 Å². The van der Waals surface area contributed by atoms with Crippen LogP contribution >= 0.6 is 11.6 Å². The summed E-state index contributed by atoms with van der Waals surface area (Å²) in [5.41, 5.74) is 3.06. The number of nitrogens with zero attached hydrogens (tertiary/aromatic N) is 3. The zero-order chi connectivity index (χ0) is 24.9. The molecule has 3 rings (SSSR count). The second kappa shape index (κ2) is 11.2. The fraction of sp³-hybridized carbons (Fsp3) is 0.519. The number of aryl methyl sites for hydroxylation is 1. The summed E-state index contributed by atoms with van der Waals surface area (Å²) in [5, 5.41) is 20.6. The SMILES string of the molecule is CCCCC(CC)COC(=O)CCc1cc(-n2nc3cccc(Cl)c3n2)c(O)c(C(C)(C)C)c1. The minimum Gasteiger partial charge on any atom is -0.505 e. The number of phenolic OH excluding ortho intramolecular Hbond substituents is 1. The number of unbranched alkanes of at least 4 members (excludes halogenated alkanes) is 1. The van der Waals surface area contributed by atoms with Crippen LogP contribution in [0.5, 0.6) is 5.75 Å². The van der Waals surface area contributed by atoms with Crippen LogP contribution in [0.3, 0.4) is 0 Å². The molecule has 6 nitrogen and oxygen atoms in total. The Balaban J connectivity index is 1.82. The molecule has 1 aromatic heterocycles. The molecule has 7 heteroatoms. The molecule has 0 spiro atoms. The third-order valence-electron chi connectivity index (χ3n) is 6.18. The summed E-state index contributed by atoms with van der Waals surface area (Å²) in [5.74, 6) is 0.345. The average molecular weight is 486 g/mol. The fourth-order valence-corrected chi connectivity index (χ4v) is 4.19. The van der Waals surface area contributed by atoms with E-state index in [9.17, 15) is 9.90 Å². The van der Waals surface area contributed by atoms with Gasteiger partial charge in [0.25, 0.3) is 0 Å². The molecule has 2 aromatic carbocycles. The Bertz CT molecular complexity index is 1130. The zero-order valence-corrected chi connectivity index (χ0v) is 21.7. The van der Waals surface area contributed by atoms with E-state index in [4.69, 9.17) is 16.3 Å². The number of carbonyl (C=O) groups is 1. The number of aromatic hydroxyl groups is 1. The topological polar surface area (TPSA) is 77.2 Å². The van der Waals surface area contributed by atoms with E-state index >= 15 is 0 Å². The first-order valence-electron chi connectivity index (χ1n) is 12.2. The van der Waals surface area contributed by atoms with Gasteiger partial charge in [-0.3, -0.25) is 4.79 Å². The van der Waals surface area contributed by atoms with Gasteiger partial charge < -0.3 is 9.84 Å². The van der Waals surface area contributed by atoms with E-state index in [-0.39, 0.29) is 23.6 Å². The molecule has 0 bridgehead atoms. The van der Waals surface area contributed by atoms with Gasteiger partial charge >= 0.3 is 5.97 Å². The van der Waals surface area contributed by atoms with E-state index in [0.717, 1.165) is 36.8 Å². The van der Waals surface area contributed by atoms with Crippen LogP contribution < -0.4 is 0 Å². The Labute approximate surface area is 207 Å². The number of halogens is 1. The molecule has 34 heavy (non-hydrogen) atoms. The van der Waals surface area contributed by atoms with Gasteiger partial charge in [0.1, 0.15) is 22.5 Å². The number of rotatable bonds is 10. The molecule has 1 heterocycles. The van der Waals surface area contributed by atoms with Crippen molar-refractivity contribution in [2.24, 2.45) is 5.92 Å². The smallest absolute Gasteiger partial charge is 0.306 e. The van der Waals surface area contributed by atoms with Crippen molar-refractivity contribution < 1.29 is 14.6 Å². The van der Waals surface area contributed by atoms with Gasteiger partial charge in [0.15, 0.2) is 0 Å². The number of hydrogen-bond acceptors (Lipinski definition) is 5. The van der Waals surface area contributed by atoms with Gasteiger partial charge in [-0.1, -0.05) is 77.6 Å². The molecule has 0 aliphatic rings. The van der Waals surface area contributed by atoms with Crippen molar-refractivity contribution in [3.63, 3.8) is 0 Å². The van der Waals surface area contributed by atoms with E-state index < -0.39 is 0 Å². The first-order valence-corrected chi connectivity index (χ1v) is 12.6. The van der Waals surface area contributed by atoms with Crippen LogP contribution in [0.15, 0.2) is 30.3 Å². The van der Waals surface area contributed by atoms with E-state index in [1.54, 1.807) is 6.07 Å². The van der Waals surface area contributed by atoms with E-state index in [1.165, 1.54) is 4.80 Å². The van der Waals surface area contributed by atoms with Crippen LogP contribution in [-0.2, 0) is 21.4 Å². The van der Waals surface area contributed by atoms with Crippen LogP contribution in [0.25, 0.3) is 16.7 Å². The first kappa shape index (κ1) is 26.0. The maximum atomic E-state index is 12.5. The molecule has 0 saturated heterocycles. The Morgan fingerprint density at radius 3 is 2.62 bits per heavy atom. The minimum atomic E-state index is -0.312. The molecule has 1 unspecified atom stereocenters. The molecule has 1 N–H and O–H groups in total. The van der Waals surface area contributed by atoms with Gasteiger partial charge in [-0.15, -0.1) is 15.0 Å². The summed E-state index contributed by atoms with van der Waals surface area (Å²) < 4.78 is 5.57. The van der Waals surface area contributed by atoms with Gasteiger partial charge in [0.05, 0.1) is 11.6 Å². The summed E-state index contributed by atoms with van der Waals surface area (Å²) in [6.07, 6.45) is 5.19. The molecule has 184 valence electrons. The number of phenols is 1. The average Bonchev–Trinajstić information content (AvgIpc) is 3.23. The Morgan fingerprint density at radius 2 is 1.97 bits per heavy atom. The molecule has 3 aromatic rings. The number of carbonyl (C=O) groups excluding carboxylic acids is 1. The third kappa shape index (κ3) is 6.29. The second-order valence-corrected chi connectivity index (χ2v) is 10.4. The first-order chi connectivity index (χ1) is 16.1. The molecule has 0 saturated carbocycles. The highest BCUT2D eigenvalue weighted by molar-refractivity contribution is 6.34. The lowest BCUT2D eigenvalue weighted by Gasteiger charge is -2.23. The van der Waals surface area contributed by atoms with Crippen LogP contribution in [0, 0.1) is 5.92 Å². The molecule has 1 atom stereocenters. The predicted molar refractivity (Wildman–Crippen MR) is 137 cm³/mol. The van der Waals surface area contributed by atoms with E-state index in [2.05, 4.69) is 24.0 Å². The van der Waals surface area contributed by atoms with Crippen molar-refractivity contribution in [2.45, 2.75) is 78.6 Å². The normalized spacial score (nSPS) is 12.8. The van der Waals surface area contributed by atoms with Crippen molar-refractivity contribution in [3.05, 3.63) is 46.5 Å². The van der Waals surface area contributed by atoms with Crippen molar-refractivity contribution in [1.82, 2.24) is 15.0 Å². The molecule has 0 aliphatic carbocycles. The Kier molecular flexibility index (Phi) is 8.58. The molecule has 0 radical (unpaired) electrons. The summed E-state index contributed by atoms with van der Waals surface area (Å²) in [7, 11) is 0. The van der Waals surface area contributed by atoms with Crippen molar-refractivity contribution >= 4 is 28.6 Å². The van der Waals surface area contributed by atoms with Crippen molar-refractivity contribution in [3.8, 4) is 11.4 Å². The number of hydrogen-bond donors (Lipinski definition) is 1. The Hall–Kier alpha value is -2.60. The van der Waals surface area contributed by atoms with Crippen LogP contribution in [0.1, 0.15) is 77.8 Å². The van der Waals surface area contributed by atoms with E-state index in [1.807, 2.05) is 45.0 Å². The molecule has 0 aliphatic heterocycles. The maximum Gasteiger partial charge on any atom is 0.306 e. The number of fused-ring (bicyclic) bond motifs is 1. The molecule has 0 amide bonds. The Morgan fingerprint density at radius 1 is 1.21 bits per heavy atom. The lowest BCUT2D eigenvalue weighted by Crippen LogP contribution is -2.16. The highest BCUT2D eigenvalue weighted by Gasteiger charge is 2.24. The van der Waals surface area contributed by atoms with Gasteiger partial charge in [0, 0.05) is 12.0 Å². The van der Waals surface area contributed by atoms with Crippen LogP contribution in [0.2, 0.25) is 5.02 Å². The van der Waals surface area contributed by atoms with Crippen LogP contribution in [0.4, 0.5) is 0 Å². The maximum absolute atomic E-state index is 12.5. The monoisotopic (exact) mass is 485 g/mol. The third-order valence-corrected chi connectivity index (χ3v) is 6.48. The number of esters is 1. The fourth-order valence-electron chi connectivity index (χ4n) is 3.98. The summed E-state index contributed by atoms with van der Waals surface area (Å²) in [6, 6.07) is 9.20. The zero-order valence-electron chi connectivity index (χ0n) is 20.9. The predicted octanol–water partition coefficient (Wildman–Crippen LogP) is 6.77. The summed E-state index contributed by atoms with van der Waals surface area (Å²) >= 11 is 6.28. The van der Waals surface area contributed by atoms with E-state index in [0.29, 0.717) is 40.7 Å². The molecular formula is C27H36ClN3O3. The molecular weight excluding hydrogens is 450 g/mol. The van der Waals surface area contributed by atoms with Gasteiger partial charge in [-0.25, -0.2) is 0 Å². The minimum absolute atomic E-state index is 0.122.